The maximum absolute atomic E-state index is 12.6. The van der Waals surface area contributed by atoms with Gasteiger partial charge < -0.3 is 10.1 Å². The lowest BCUT2D eigenvalue weighted by Crippen LogP contribution is -2.29. The molecule has 0 bridgehead atoms. The molecule has 3 rings (SSSR count). The molecule has 9 nitrogen and oxygen atoms in total. The standard InChI is InChI=1S/C22H28N6O3/c1-13-14(2)24-20(26-19(13)29)28-18(11-17(27-28)22(3,4)5)25-21(30)23-12-15-7-9-16(31-6)10-8-15/h7-11H,12H2,1-6H3,(H2,23,25,30)(H,24,26,29). The fourth-order valence-electron chi connectivity index (χ4n) is 2.81. The van der Waals surface area contributed by atoms with Gasteiger partial charge in [0.25, 0.3) is 5.56 Å². The molecule has 0 radical (unpaired) electrons. The first-order valence-electron chi connectivity index (χ1n) is 9.94. The number of hydrogen-bond donors (Lipinski definition) is 3. The average molecular weight is 425 g/mol. The second kappa shape index (κ2) is 8.63. The summed E-state index contributed by atoms with van der Waals surface area (Å²) in [6, 6.07) is 8.81. The number of aromatic nitrogens is 4. The molecule has 0 aliphatic heterocycles. The molecule has 31 heavy (non-hydrogen) atoms. The van der Waals surface area contributed by atoms with E-state index in [4.69, 9.17) is 4.74 Å². The van der Waals surface area contributed by atoms with Crippen molar-refractivity contribution in [3.8, 4) is 11.7 Å². The number of rotatable bonds is 5. The van der Waals surface area contributed by atoms with Crippen LogP contribution in [0.5, 0.6) is 5.75 Å². The zero-order valence-corrected chi connectivity index (χ0v) is 18.7. The summed E-state index contributed by atoms with van der Waals surface area (Å²) in [6.45, 7) is 9.86. The third-order valence-electron chi connectivity index (χ3n) is 4.91. The van der Waals surface area contributed by atoms with Crippen LogP contribution in [0.3, 0.4) is 0 Å². The Bertz CT molecular complexity index is 1140. The molecule has 2 heterocycles. The van der Waals surface area contributed by atoms with Crippen molar-refractivity contribution < 1.29 is 9.53 Å². The summed E-state index contributed by atoms with van der Waals surface area (Å²) in [4.78, 5) is 32.0. The highest BCUT2D eigenvalue weighted by Gasteiger charge is 2.22. The number of urea groups is 1. The topological polar surface area (TPSA) is 114 Å². The lowest BCUT2D eigenvalue weighted by Gasteiger charge is -2.14. The van der Waals surface area contributed by atoms with Gasteiger partial charge in [0, 0.05) is 29.3 Å². The second-order valence-corrected chi connectivity index (χ2v) is 8.33. The minimum absolute atomic E-state index is 0.244. The zero-order valence-electron chi connectivity index (χ0n) is 18.7. The first-order chi connectivity index (χ1) is 14.6. The van der Waals surface area contributed by atoms with Gasteiger partial charge in [0.15, 0.2) is 0 Å². The molecule has 0 saturated carbocycles. The molecule has 0 fully saturated rings. The van der Waals surface area contributed by atoms with Crippen molar-refractivity contribution in [1.82, 2.24) is 25.1 Å². The summed E-state index contributed by atoms with van der Waals surface area (Å²) >= 11 is 0. The van der Waals surface area contributed by atoms with Crippen molar-refractivity contribution in [1.29, 1.82) is 0 Å². The molecule has 164 valence electrons. The Morgan fingerprint density at radius 1 is 1.19 bits per heavy atom. The van der Waals surface area contributed by atoms with Crippen LogP contribution in [-0.2, 0) is 12.0 Å². The number of nitrogens with one attached hydrogen (secondary N) is 3. The van der Waals surface area contributed by atoms with Crippen LogP contribution in [0.15, 0.2) is 35.1 Å². The van der Waals surface area contributed by atoms with Crippen molar-refractivity contribution in [2.75, 3.05) is 12.4 Å². The monoisotopic (exact) mass is 424 g/mol. The molecule has 0 aliphatic rings. The van der Waals surface area contributed by atoms with E-state index < -0.39 is 6.03 Å². The molecule has 9 heteroatoms. The molecule has 0 unspecified atom stereocenters. The Balaban J connectivity index is 1.84. The van der Waals surface area contributed by atoms with E-state index in [2.05, 4.69) is 25.7 Å². The van der Waals surface area contributed by atoms with Gasteiger partial charge in [0.2, 0.25) is 5.95 Å². The van der Waals surface area contributed by atoms with E-state index in [1.807, 2.05) is 45.0 Å². The molecular formula is C22H28N6O3. The van der Waals surface area contributed by atoms with Gasteiger partial charge in [-0.25, -0.2) is 9.78 Å². The van der Waals surface area contributed by atoms with Gasteiger partial charge in [0.05, 0.1) is 12.8 Å². The van der Waals surface area contributed by atoms with Gasteiger partial charge in [-0.3, -0.25) is 15.1 Å². The summed E-state index contributed by atoms with van der Waals surface area (Å²) in [5, 5.41) is 10.2. The van der Waals surface area contributed by atoms with Gasteiger partial charge in [0.1, 0.15) is 11.6 Å². The molecule has 0 aliphatic carbocycles. The zero-order chi connectivity index (χ0) is 22.8. The Morgan fingerprint density at radius 3 is 2.45 bits per heavy atom. The van der Waals surface area contributed by atoms with Gasteiger partial charge in [-0.05, 0) is 31.5 Å². The molecule has 2 amide bonds. The van der Waals surface area contributed by atoms with Crippen LogP contribution in [0.1, 0.15) is 43.3 Å². The lowest BCUT2D eigenvalue weighted by atomic mass is 9.92. The lowest BCUT2D eigenvalue weighted by molar-refractivity contribution is 0.251. The van der Waals surface area contributed by atoms with Crippen LogP contribution in [0.2, 0.25) is 0 Å². The number of aromatic amines is 1. The van der Waals surface area contributed by atoms with Gasteiger partial charge in [-0.1, -0.05) is 32.9 Å². The molecule has 2 aromatic heterocycles. The van der Waals surface area contributed by atoms with Crippen LogP contribution in [0, 0.1) is 13.8 Å². The quantitative estimate of drug-likeness (QED) is 0.582. The number of amides is 2. The first-order valence-corrected chi connectivity index (χ1v) is 9.94. The number of methoxy groups -OCH3 is 1. The third kappa shape index (κ3) is 5.11. The SMILES string of the molecule is COc1ccc(CNC(=O)Nc2cc(C(C)(C)C)nn2-c2nc(C)c(C)c(=O)[nH]2)cc1. The molecular weight excluding hydrogens is 396 g/mol. The number of ether oxygens (including phenoxy) is 1. The molecule has 0 atom stereocenters. The molecule has 1 aromatic carbocycles. The highest BCUT2D eigenvalue weighted by molar-refractivity contribution is 5.88. The van der Waals surface area contributed by atoms with Crippen molar-refractivity contribution in [3.63, 3.8) is 0 Å². The highest BCUT2D eigenvalue weighted by Crippen LogP contribution is 2.25. The molecule has 0 saturated heterocycles. The number of nitrogens with zero attached hydrogens (tertiary/aromatic N) is 3. The number of H-pyrrole nitrogens is 1. The molecule has 3 N–H and O–H groups in total. The first kappa shape index (κ1) is 22.1. The minimum atomic E-state index is -0.399. The van der Waals surface area contributed by atoms with Gasteiger partial charge in [-0.2, -0.15) is 9.78 Å². The Hall–Kier alpha value is -3.62. The van der Waals surface area contributed by atoms with E-state index in [1.54, 1.807) is 27.0 Å². The second-order valence-electron chi connectivity index (χ2n) is 8.33. The molecule has 0 spiro atoms. The van der Waals surface area contributed by atoms with Crippen LogP contribution in [0.4, 0.5) is 10.6 Å². The maximum Gasteiger partial charge on any atom is 0.320 e. The van der Waals surface area contributed by atoms with Crippen molar-refractivity contribution >= 4 is 11.8 Å². The fourth-order valence-corrected chi connectivity index (χ4v) is 2.81. The van der Waals surface area contributed by atoms with Crippen molar-refractivity contribution in [3.05, 3.63) is 63.2 Å². The van der Waals surface area contributed by atoms with Crippen LogP contribution < -0.4 is 20.9 Å². The fraction of sp³-hybridized carbons (Fsp3) is 0.364. The van der Waals surface area contributed by atoms with Crippen LogP contribution in [-0.4, -0.2) is 32.9 Å². The summed E-state index contributed by atoms with van der Waals surface area (Å²) in [5.74, 6) is 1.40. The predicted octanol–water partition coefficient (Wildman–Crippen LogP) is 3.20. The normalized spacial score (nSPS) is 11.3. The summed E-state index contributed by atoms with van der Waals surface area (Å²) in [7, 11) is 1.60. The number of benzene rings is 1. The maximum atomic E-state index is 12.6. The summed E-state index contributed by atoms with van der Waals surface area (Å²) < 4.78 is 6.59. The Morgan fingerprint density at radius 2 is 1.87 bits per heavy atom. The van der Waals surface area contributed by atoms with E-state index in [0.717, 1.165) is 17.0 Å². The van der Waals surface area contributed by atoms with Crippen molar-refractivity contribution in [2.45, 2.75) is 46.6 Å². The number of anilines is 1. The highest BCUT2D eigenvalue weighted by atomic mass is 16.5. The number of carbonyl (C=O) groups is 1. The van der Waals surface area contributed by atoms with E-state index in [-0.39, 0.29) is 16.9 Å². The summed E-state index contributed by atoms with van der Waals surface area (Å²) in [5.41, 5.74) is 2.31. The number of aryl methyl sites for hydroxylation is 1. The van der Waals surface area contributed by atoms with Crippen LogP contribution >= 0.6 is 0 Å². The van der Waals surface area contributed by atoms with E-state index in [0.29, 0.717) is 23.6 Å². The number of carbonyl (C=O) groups excluding carboxylic acids is 1. The predicted molar refractivity (Wildman–Crippen MR) is 119 cm³/mol. The van der Waals surface area contributed by atoms with E-state index in [1.165, 1.54) is 4.68 Å². The largest absolute Gasteiger partial charge is 0.497 e. The number of hydrogen-bond acceptors (Lipinski definition) is 5. The summed E-state index contributed by atoms with van der Waals surface area (Å²) in [6.07, 6.45) is 0. The van der Waals surface area contributed by atoms with Gasteiger partial charge >= 0.3 is 6.03 Å². The molecule has 3 aromatic rings. The van der Waals surface area contributed by atoms with E-state index in [9.17, 15) is 9.59 Å². The third-order valence-corrected chi connectivity index (χ3v) is 4.91. The smallest absolute Gasteiger partial charge is 0.320 e. The van der Waals surface area contributed by atoms with Crippen LogP contribution in [0.25, 0.3) is 5.95 Å². The Kier molecular flexibility index (Phi) is 6.14. The van der Waals surface area contributed by atoms with Gasteiger partial charge in [-0.15, -0.1) is 0 Å². The minimum Gasteiger partial charge on any atom is -0.497 e. The Labute approximate surface area is 180 Å². The van der Waals surface area contributed by atoms with Crippen molar-refractivity contribution in [2.24, 2.45) is 0 Å². The van der Waals surface area contributed by atoms with E-state index >= 15 is 0 Å². The average Bonchev–Trinajstić information content (AvgIpc) is 3.14.